The van der Waals surface area contributed by atoms with E-state index in [1.165, 1.54) is 5.56 Å². The zero-order valence-corrected chi connectivity index (χ0v) is 11.0. The highest BCUT2D eigenvalue weighted by Gasteiger charge is 2.08. The molecule has 0 aliphatic heterocycles. The van der Waals surface area contributed by atoms with E-state index in [0.29, 0.717) is 11.0 Å². The fourth-order valence-electron chi connectivity index (χ4n) is 2.14. The van der Waals surface area contributed by atoms with Crippen LogP contribution in [0.2, 0.25) is 5.02 Å². The molecule has 0 amide bonds. The maximum Gasteiger partial charge on any atom is 0.201 e. The van der Waals surface area contributed by atoms with Crippen molar-refractivity contribution in [3.05, 3.63) is 53.3 Å². The van der Waals surface area contributed by atoms with Crippen LogP contribution in [-0.4, -0.2) is 14.5 Å². The number of benzene rings is 1. The van der Waals surface area contributed by atoms with E-state index in [0.717, 1.165) is 24.0 Å². The average Bonchev–Trinajstić information content (AvgIpc) is 2.73. The molecular formula is C14H13ClN4. The fourth-order valence-corrected chi connectivity index (χ4v) is 2.30. The Morgan fingerprint density at radius 3 is 2.95 bits per heavy atom. The van der Waals surface area contributed by atoms with Gasteiger partial charge >= 0.3 is 0 Å². The molecule has 0 saturated carbocycles. The van der Waals surface area contributed by atoms with Crippen LogP contribution in [0, 0.1) is 0 Å². The molecule has 19 heavy (non-hydrogen) atoms. The number of fused-ring (bicyclic) bond motifs is 1. The number of imidazole rings is 1. The van der Waals surface area contributed by atoms with Gasteiger partial charge < -0.3 is 10.3 Å². The van der Waals surface area contributed by atoms with E-state index in [2.05, 4.69) is 16.0 Å². The van der Waals surface area contributed by atoms with Crippen molar-refractivity contribution in [2.24, 2.45) is 0 Å². The molecule has 0 aliphatic carbocycles. The Balaban J connectivity index is 1.92. The van der Waals surface area contributed by atoms with Crippen molar-refractivity contribution < 1.29 is 0 Å². The molecule has 0 atom stereocenters. The molecule has 96 valence electrons. The molecule has 0 spiro atoms. The molecule has 3 rings (SSSR count). The van der Waals surface area contributed by atoms with Gasteiger partial charge in [0.15, 0.2) is 0 Å². The number of hydrogen-bond acceptors (Lipinski definition) is 3. The van der Waals surface area contributed by atoms with Crippen molar-refractivity contribution in [1.29, 1.82) is 0 Å². The zero-order chi connectivity index (χ0) is 13.2. The highest BCUT2D eigenvalue weighted by atomic mass is 35.5. The number of aryl methyl sites for hydroxylation is 2. The zero-order valence-electron chi connectivity index (χ0n) is 10.3. The summed E-state index contributed by atoms with van der Waals surface area (Å²) in [7, 11) is 0. The van der Waals surface area contributed by atoms with Crippen molar-refractivity contribution >= 4 is 28.6 Å². The largest absolute Gasteiger partial charge is 0.369 e. The van der Waals surface area contributed by atoms with Crippen molar-refractivity contribution in [3.8, 4) is 0 Å². The van der Waals surface area contributed by atoms with Gasteiger partial charge in [-0.05, 0) is 36.2 Å². The number of aromatic nitrogens is 3. The number of nitrogens with zero attached hydrogens (tertiary/aromatic N) is 3. The van der Waals surface area contributed by atoms with Crippen LogP contribution in [0.4, 0.5) is 5.95 Å². The van der Waals surface area contributed by atoms with Crippen LogP contribution in [0.25, 0.3) is 11.0 Å². The number of nitrogen functional groups attached to an aromatic ring is 1. The molecular weight excluding hydrogens is 260 g/mol. The lowest BCUT2D eigenvalue weighted by Gasteiger charge is -2.06. The molecule has 0 unspecified atom stereocenters. The van der Waals surface area contributed by atoms with Crippen molar-refractivity contribution in [2.45, 2.75) is 13.0 Å². The first-order valence-electron chi connectivity index (χ1n) is 6.04. The molecule has 2 aromatic heterocycles. The van der Waals surface area contributed by atoms with Gasteiger partial charge in [0, 0.05) is 24.0 Å². The quantitative estimate of drug-likeness (QED) is 0.798. The molecule has 0 fully saturated rings. The van der Waals surface area contributed by atoms with E-state index < -0.39 is 0 Å². The summed E-state index contributed by atoms with van der Waals surface area (Å²) in [5.74, 6) is 0.515. The van der Waals surface area contributed by atoms with Gasteiger partial charge in [0.05, 0.1) is 11.0 Å². The minimum atomic E-state index is 0.515. The lowest BCUT2D eigenvalue weighted by Crippen LogP contribution is -2.05. The minimum Gasteiger partial charge on any atom is -0.369 e. The highest BCUT2D eigenvalue weighted by Crippen LogP contribution is 2.22. The summed E-state index contributed by atoms with van der Waals surface area (Å²) in [6.45, 7) is 0.758. The summed E-state index contributed by atoms with van der Waals surface area (Å²) in [5, 5.41) is 0.690. The van der Waals surface area contributed by atoms with Crippen LogP contribution in [0.1, 0.15) is 5.56 Å². The Labute approximate surface area is 115 Å². The molecule has 1 aromatic carbocycles. The molecule has 5 heteroatoms. The molecule has 0 bridgehead atoms. The van der Waals surface area contributed by atoms with E-state index in [9.17, 15) is 0 Å². The smallest absolute Gasteiger partial charge is 0.201 e. The molecule has 0 saturated heterocycles. The maximum atomic E-state index is 6.03. The van der Waals surface area contributed by atoms with E-state index in [4.69, 9.17) is 17.3 Å². The highest BCUT2D eigenvalue weighted by molar-refractivity contribution is 6.31. The van der Waals surface area contributed by atoms with Gasteiger partial charge in [-0.1, -0.05) is 17.7 Å². The number of rotatable bonds is 3. The Morgan fingerprint density at radius 2 is 2.16 bits per heavy atom. The summed E-state index contributed by atoms with van der Waals surface area (Å²) in [5.41, 5.74) is 8.97. The summed E-state index contributed by atoms with van der Waals surface area (Å²) in [6.07, 6.45) is 4.49. The fraction of sp³-hybridized carbons (Fsp3) is 0.143. The predicted molar refractivity (Wildman–Crippen MR) is 77.1 cm³/mol. The third-order valence-electron chi connectivity index (χ3n) is 3.09. The number of nitrogens with two attached hydrogens (primary N) is 1. The van der Waals surface area contributed by atoms with Crippen molar-refractivity contribution in [1.82, 2.24) is 14.5 Å². The maximum absolute atomic E-state index is 6.03. The van der Waals surface area contributed by atoms with Gasteiger partial charge in [-0.2, -0.15) is 0 Å². The van der Waals surface area contributed by atoms with Gasteiger partial charge in [0.1, 0.15) is 0 Å². The molecule has 4 nitrogen and oxygen atoms in total. The lowest BCUT2D eigenvalue weighted by atomic mass is 10.2. The summed E-state index contributed by atoms with van der Waals surface area (Å²) >= 11 is 6.03. The molecule has 3 aromatic rings. The average molecular weight is 273 g/mol. The van der Waals surface area contributed by atoms with Crippen LogP contribution < -0.4 is 5.73 Å². The second-order valence-corrected chi connectivity index (χ2v) is 4.80. The van der Waals surface area contributed by atoms with Crippen LogP contribution in [0.5, 0.6) is 0 Å². The van der Waals surface area contributed by atoms with Gasteiger partial charge in [-0.25, -0.2) is 4.98 Å². The van der Waals surface area contributed by atoms with Crippen molar-refractivity contribution in [3.63, 3.8) is 0 Å². The van der Waals surface area contributed by atoms with Gasteiger partial charge in [0.25, 0.3) is 0 Å². The van der Waals surface area contributed by atoms with E-state index in [1.807, 2.05) is 35.0 Å². The first kappa shape index (κ1) is 12.0. The Kier molecular flexibility index (Phi) is 3.09. The second kappa shape index (κ2) is 4.90. The Hall–Kier alpha value is -2.07. The molecule has 2 heterocycles. The Bertz CT molecular complexity index is 706. The number of anilines is 1. The van der Waals surface area contributed by atoms with Crippen LogP contribution in [0.15, 0.2) is 42.7 Å². The van der Waals surface area contributed by atoms with Crippen LogP contribution in [0.3, 0.4) is 0 Å². The second-order valence-electron chi connectivity index (χ2n) is 4.37. The minimum absolute atomic E-state index is 0.515. The summed E-state index contributed by atoms with van der Waals surface area (Å²) in [4.78, 5) is 8.44. The molecule has 0 aliphatic rings. The molecule has 0 radical (unpaired) electrons. The molecule has 2 N–H and O–H groups in total. The summed E-state index contributed by atoms with van der Waals surface area (Å²) < 4.78 is 1.98. The first-order chi connectivity index (χ1) is 9.24. The third kappa shape index (κ3) is 2.39. The number of halogens is 1. The summed E-state index contributed by atoms with van der Waals surface area (Å²) in [6, 6.07) is 9.58. The normalized spacial score (nSPS) is 11.0. The van der Waals surface area contributed by atoms with E-state index >= 15 is 0 Å². The number of hydrogen-bond donors (Lipinski definition) is 1. The Morgan fingerprint density at radius 1 is 1.26 bits per heavy atom. The monoisotopic (exact) mass is 272 g/mol. The van der Waals surface area contributed by atoms with Crippen molar-refractivity contribution in [2.75, 3.05) is 5.73 Å². The third-order valence-corrected chi connectivity index (χ3v) is 3.32. The lowest BCUT2D eigenvalue weighted by molar-refractivity contribution is 0.724. The van der Waals surface area contributed by atoms with Crippen LogP contribution >= 0.6 is 11.6 Å². The van der Waals surface area contributed by atoms with Gasteiger partial charge in [-0.15, -0.1) is 0 Å². The number of pyridine rings is 1. The van der Waals surface area contributed by atoms with E-state index in [1.54, 1.807) is 6.20 Å². The predicted octanol–water partition coefficient (Wildman–Crippen LogP) is 2.91. The first-order valence-corrected chi connectivity index (χ1v) is 6.42. The SMILES string of the molecule is Nc1nc2ccc(Cl)cc2n1CCc1cccnc1. The van der Waals surface area contributed by atoms with E-state index in [-0.39, 0.29) is 0 Å². The topological polar surface area (TPSA) is 56.7 Å². The van der Waals surface area contributed by atoms with Crippen LogP contribution in [-0.2, 0) is 13.0 Å². The van der Waals surface area contributed by atoms with Gasteiger partial charge in [0.2, 0.25) is 5.95 Å². The van der Waals surface area contributed by atoms with Gasteiger partial charge in [-0.3, -0.25) is 4.98 Å². The standard InChI is InChI=1S/C14H13ClN4/c15-11-3-4-12-13(8-11)19(14(16)18-12)7-5-10-2-1-6-17-9-10/h1-4,6,8-9H,5,7H2,(H2,16,18).